The van der Waals surface area contributed by atoms with E-state index < -0.39 is 25.9 Å². The van der Waals surface area contributed by atoms with Crippen LogP contribution in [0.15, 0.2) is 11.2 Å². The number of sulfonamides is 1. The molecule has 10 heteroatoms. The first-order valence-corrected chi connectivity index (χ1v) is 8.95. The van der Waals surface area contributed by atoms with Crippen molar-refractivity contribution in [2.75, 3.05) is 18.6 Å². The van der Waals surface area contributed by atoms with E-state index in [1.807, 2.05) is 0 Å². The standard InChI is InChI=1S/C9H16N4O4S2/c1-13(8-2-3-18(14,15)6-8)19(16,17)9-7(4-10)5-11-12-9/h5,8H,2-4,6,10H2,1H3,(H,11,12). The van der Waals surface area contributed by atoms with Crippen LogP contribution in [0.1, 0.15) is 12.0 Å². The summed E-state index contributed by atoms with van der Waals surface area (Å²) >= 11 is 0. The Labute approximate surface area is 111 Å². The zero-order chi connectivity index (χ0) is 14.3. The lowest BCUT2D eigenvalue weighted by molar-refractivity contribution is 0.391. The van der Waals surface area contributed by atoms with Gasteiger partial charge in [0.15, 0.2) is 14.9 Å². The average molecular weight is 308 g/mol. The lowest BCUT2D eigenvalue weighted by Crippen LogP contribution is -2.38. The number of nitrogens with one attached hydrogen (secondary N) is 1. The summed E-state index contributed by atoms with van der Waals surface area (Å²) in [6.07, 6.45) is 1.66. The molecule has 0 bridgehead atoms. The van der Waals surface area contributed by atoms with Gasteiger partial charge in [-0.2, -0.15) is 9.40 Å². The summed E-state index contributed by atoms with van der Waals surface area (Å²) in [7, 11) is -5.57. The summed E-state index contributed by atoms with van der Waals surface area (Å²) in [5, 5.41) is 6.01. The van der Waals surface area contributed by atoms with Crippen LogP contribution in [0.5, 0.6) is 0 Å². The Balaban J connectivity index is 2.30. The molecule has 1 unspecified atom stereocenters. The number of hydrogen-bond acceptors (Lipinski definition) is 6. The van der Waals surface area contributed by atoms with E-state index >= 15 is 0 Å². The van der Waals surface area contributed by atoms with Crippen LogP contribution in [0.25, 0.3) is 0 Å². The summed E-state index contributed by atoms with van der Waals surface area (Å²) < 4.78 is 48.7. The van der Waals surface area contributed by atoms with E-state index in [2.05, 4.69) is 10.2 Å². The summed E-state index contributed by atoms with van der Waals surface area (Å²) in [5.41, 5.74) is 5.83. The zero-order valence-corrected chi connectivity index (χ0v) is 12.0. The van der Waals surface area contributed by atoms with Gasteiger partial charge in [-0.05, 0) is 6.42 Å². The van der Waals surface area contributed by atoms with Crippen LogP contribution in [0.2, 0.25) is 0 Å². The molecule has 2 heterocycles. The molecule has 1 aromatic heterocycles. The normalized spacial score (nSPS) is 23.0. The van der Waals surface area contributed by atoms with Gasteiger partial charge >= 0.3 is 0 Å². The molecule has 1 atom stereocenters. The van der Waals surface area contributed by atoms with Gasteiger partial charge in [0.05, 0.1) is 17.7 Å². The number of H-pyrrole nitrogens is 1. The maximum absolute atomic E-state index is 12.4. The monoisotopic (exact) mass is 308 g/mol. The van der Waals surface area contributed by atoms with Crippen LogP contribution >= 0.6 is 0 Å². The highest BCUT2D eigenvalue weighted by Crippen LogP contribution is 2.23. The summed E-state index contributed by atoms with van der Waals surface area (Å²) in [6, 6.07) is -0.538. The topological polar surface area (TPSA) is 126 Å². The van der Waals surface area contributed by atoms with Crippen LogP contribution in [-0.2, 0) is 26.4 Å². The number of aromatic nitrogens is 2. The molecule has 1 aliphatic heterocycles. The van der Waals surface area contributed by atoms with E-state index in [4.69, 9.17) is 5.73 Å². The Bertz CT molecular complexity index is 664. The molecule has 19 heavy (non-hydrogen) atoms. The van der Waals surface area contributed by atoms with Gasteiger partial charge in [0.25, 0.3) is 10.0 Å². The Morgan fingerprint density at radius 3 is 2.79 bits per heavy atom. The van der Waals surface area contributed by atoms with Crippen LogP contribution < -0.4 is 5.73 Å². The molecule has 1 fully saturated rings. The molecule has 108 valence electrons. The van der Waals surface area contributed by atoms with Crippen LogP contribution in [0.4, 0.5) is 0 Å². The predicted molar refractivity (Wildman–Crippen MR) is 68.5 cm³/mol. The van der Waals surface area contributed by atoms with E-state index in [0.29, 0.717) is 12.0 Å². The number of nitrogens with zero attached hydrogens (tertiary/aromatic N) is 2. The number of hydrogen-bond donors (Lipinski definition) is 2. The van der Waals surface area contributed by atoms with Crippen LogP contribution in [-0.4, -0.2) is 55.9 Å². The highest BCUT2D eigenvalue weighted by atomic mass is 32.2. The van der Waals surface area contributed by atoms with E-state index in [1.54, 1.807) is 0 Å². The highest BCUT2D eigenvalue weighted by molar-refractivity contribution is 7.92. The van der Waals surface area contributed by atoms with Crippen molar-refractivity contribution in [3.05, 3.63) is 11.8 Å². The van der Waals surface area contributed by atoms with E-state index in [-0.39, 0.29) is 23.1 Å². The van der Waals surface area contributed by atoms with Crippen molar-refractivity contribution < 1.29 is 16.8 Å². The minimum Gasteiger partial charge on any atom is -0.326 e. The second-order valence-electron chi connectivity index (χ2n) is 4.51. The van der Waals surface area contributed by atoms with Gasteiger partial charge in [-0.3, -0.25) is 5.10 Å². The number of aromatic amines is 1. The fourth-order valence-corrected chi connectivity index (χ4v) is 5.43. The lowest BCUT2D eigenvalue weighted by atomic mass is 10.3. The van der Waals surface area contributed by atoms with Gasteiger partial charge in [-0.25, -0.2) is 16.8 Å². The largest absolute Gasteiger partial charge is 0.326 e. The van der Waals surface area contributed by atoms with Crippen molar-refractivity contribution in [2.45, 2.75) is 24.0 Å². The number of rotatable bonds is 4. The van der Waals surface area contributed by atoms with Gasteiger partial charge < -0.3 is 5.73 Å². The van der Waals surface area contributed by atoms with Crippen molar-refractivity contribution in [3.63, 3.8) is 0 Å². The Morgan fingerprint density at radius 2 is 2.26 bits per heavy atom. The van der Waals surface area contributed by atoms with Gasteiger partial charge in [0.1, 0.15) is 0 Å². The van der Waals surface area contributed by atoms with Crippen molar-refractivity contribution in [1.82, 2.24) is 14.5 Å². The molecule has 2 rings (SSSR count). The van der Waals surface area contributed by atoms with Crippen molar-refractivity contribution in [3.8, 4) is 0 Å². The van der Waals surface area contributed by atoms with Crippen LogP contribution in [0, 0.1) is 0 Å². The molecule has 1 aliphatic rings. The van der Waals surface area contributed by atoms with Gasteiger partial charge in [-0.1, -0.05) is 0 Å². The molecule has 0 saturated carbocycles. The Morgan fingerprint density at radius 1 is 1.58 bits per heavy atom. The summed E-state index contributed by atoms with van der Waals surface area (Å²) in [5.74, 6) is -0.126. The smallest absolute Gasteiger partial charge is 0.260 e. The molecule has 0 aliphatic carbocycles. The Kier molecular flexibility index (Phi) is 3.69. The first kappa shape index (κ1) is 14.4. The van der Waals surface area contributed by atoms with Gasteiger partial charge in [0, 0.05) is 25.2 Å². The van der Waals surface area contributed by atoms with Crippen molar-refractivity contribution in [2.24, 2.45) is 5.73 Å². The van der Waals surface area contributed by atoms with E-state index in [9.17, 15) is 16.8 Å². The minimum atomic E-state index is -3.80. The second-order valence-corrected chi connectivity index (χ2v) is 8.67. The maximum Gasteiger partial charge on any atom is 0.260 e. The van der Waals surface area contributed by atoms with E-state index in [0.717, 1.165) is 4.31 Å². The molecule has 3 N–H and O–H groups in total. The summed E-state index contributed by atoms with van der Waals surface area (Å²) in [6.45, 7) is 0.0435. The minimum absolute atomic E-state index is 0.0181. The first-order chi connectivity index (χ1) is 8.78. The van der Waals surface area contributed by atoms with Gasteiger partial charge in [0.2, 0.25) is 0 Å². The molecule has 0 spiro atoms. The average Bonchev–Trinajstić information content (AvgIpc) is 2.94. The third-order valence-electron chi connectivity index (χ3n) is 3.26. The molecule has 1 aromatic rings. The van der Waals surface area contributed by atoms with Crippen molar-refractivity contribution in [1.29, 1.82) is 0 Å². The Hall–Kier alpha value is -0.970. The fraction of sp³-hybridized carbons (Fsp3) is 0.667. The van der Waals surface area contributed by atoms with Gasteiger partial charge in [-0.15, -0.1) is 0 Å². The molecule has 1 saturated heterocycles. The molecular formula is C9H16N4O4S2. The molecule has 0 aromatic carbocycles. The quantitative estimate of drug-likeness (QED) is 0.710. The molecule has 0 radical (unpaired) electrons. The maximum atomic E-state index is 12.4. The number of sulfone groups is 1. The zero-order valence-electron chi connectivity index (χ0n) is 10.4. The predicted octanol–water partition coefficient (Wildman–Crippen LogP) is -1.32. The third kappa shape index (κ3) is 2.66. The first-order valence-electron chi connectivity index (χ1n) is 5.68. The number of nitrogens with two attached hydrogens (primary N) is 1. The molecule has 0 amide bonds. The SMILES string of the molecule is CN(C1CCS(=O)(=O)C1)S(=O)(=O)c1[nH]ncc1CN. The fourth-order valence-electron chi connectivity index (χ4n) is 2.07. The third-order valence-corrected chi connectivity index (χ3v) is 6.93. The lowest BCUT2D eigenvalue weighted by Gasteiger charge is -2.22. The highest BCUT2D eigenvalue weighted by Gasteiger charge is 2.37. The van der Waals surface area contributed by atoms with E-state index in [1.165, 1.54) is 13.2 Å². The molecule has 8 nitrogen and oxygen atoms in total. The second kappa shape index (κ2) is 4.85. The summed E-state index contributed by atoms with van der Waals surface area (Å²) in [4.78, 5) is 0. The van der Waals surface area contributed by atoms with Crippen molar-refractivity contribution >= 4 is 19.9 Å². The molecular weight excluding hydrogens is 292 g/mol. The van der Waals surface area contributed by atoms with Crippen LogP contribution in [0.3, 0.4) is 0 Å².